The molecule has 0 atom stereocenters. The lowest BCUT2D eigenvalue weighted by Gasteiger charge is -2.40. The fourth-order valence-corrected chi connectivity index (χ4v) is 5.78. The second kappa shape index (κ2) is 7.55. The molecule has 1 aliphatic heterocycles. The zero-order chi connectivity index (χ0) is 19.7. The molecule has 0 bridgehead atoms. The van der Waals surface area contributed by atoms with Crippen LogP contribution in [0.4, 0.5) is 9.80 Å². The van der Waals surface area contributed by atoms with Gasteiger partial charge >= 0.3 is 6.03 Å². The van der Waals surface area contributed by atoms with Crippen molar-refractivity contribution >= 4 is 32.4 Å². The fraction of sp³-hybridized carbons (Fsp3) is 0.500. The summed E-state index contributed by atoms with van der Waals surface area (Å²) in [4.78, 5) is 14.4. The van der Waals surface area contributed by atoms with Crippen LogP contribution in [0, 0.1) is 12.8 Å². The minimum absolute atomic E-state index is 0.0165. The van der Waals surface area contributed by atoms with E-state index in [0.29, 0.717) is 35.8 Å². The number of benzene rings is 1. The Hall–Kier alpha value is -2.00. The van der Waals surface area contributed by atoms with Crippen molar-refractivity contribution in [2.75, 3.05) is 18.4 Å². The van der Waals surface area contributed by atoms with Crippen molar-refractivity contribution in [3.63, 3.8) is 0 Å². The minimum atomic E-state index is -3.47. The highest BCUT2D eigenvalue weighted by atomic mass is 32.2. The number of aryl methyl sites for hydroxylation is 1. The Morgan fingerprint density at radius 2 is 2.00 bits per heavy atom. The van der Waals surface area contributed by atoms with Gasteiger partial charge in [-0.05, 0) is 57.2 Å². The van der Waals surface area contributed by atoms with E-state index < -0.39 is 14.6 Å². The molecule has 1 fully saturated rings. The van der Waals surface area contributed by atoms with Crippen LogP contribution in [0.2, 0.25) is 0 Å². The molecule has 27 heavy (non-hydrogen) atoms. The number of likely N-dealkylation sites (tertiary alicyclic amines) is 1. The van der Waals surface area contributed by atoms with Crippen LogP contribution in [0.3, 0.4) is 0 Å². The van der Waals surface area contributed by atoms with Crippen molar-refractivity contribution in [2.45, 2.75) is 43.3 Å². The molecule has 1 aliphatic rings. The van der Waals surface area contributed by atoms with E-state index in [1.54, 1.807) is 36.9 Å². The quantitative estimate of drug-likeness (QED) is 0.838. The monoisotopic (exact) mass is 408 g/mol. The second-order valence-corrected chi connectivity index (χ2v) is 10.7. The summed E-state index contributed by atoms with van der Waals surface area (Å²) >= 11 is 1.12. The maximum absolute atomic E-state index is 13.2. The first-order valence-electron chi connectivity index (χ1n) is 8.86. The molecule has 0 saturated carbocycles. The van der Waals surface area contributed by atoms with Crippen LogP contribution in [-0.2, 0) is 9.84 Å². The topological polar surface area (TPSA) is 92.3 Å². The Kier molecular flexibility index (Phi) is 5.53. The SMILES string of the molecule is Cc1cccc(S(=O)(=O)C(C)(C)C2CCN(C(=O)Nc3cnns3)CC2)c1. The molecule has 2 amide bonds. The van der Waals surface area contributed by atoms with E-state index in [1.165, 1.54) is 6.20 Å². The Labute approximate surface area is 163 Å². The van der Waals surface area contributed by atoms with Gasteiger partial charge in [0.15, 0.2) is 9.84 Å². The molecule has 7 nitrogen and oxygen atoms in total. The molecule has 1 aromatic heterocycles. The lowest BCUT2D eigenvalue weighted by molar-refractivity contribution is 0.171. The molecular weight excluding hydrogens is 384 g/mol. The zero-order valence-corrected chi connectivity index (χ0v) is 17.3. The van der Waals surface area contributed by atoms with Gasteiger partial charge in [0.1, 0.15) is 5.00 Å². The number of carbonyl (C=O) groups excluding carboxylic acids is 1. The summed E-state index contributed by atoms with van der Waals surface area (Å²) in [5.41, 5.74) is 0.927. The van der Waals surface area contributed by atoms with Crippen molar-refractivity contribution in [1.29, 1.82) is 0 Å². The number of amides is 2. The summed E-state index contributed by atoms with van der Waals surface area (Å²) in [6, 6.07) is 6.86. The highest BCUT2D eigenvalue weighted by Crippen LogP contribution is 2.38. The molecule has 2 aromatic rings. The number of carbonyl (C=O) groups is 1. The number of rotatable bonds is 4. The van der Waals surface area contributed by atoms with E-state index in [4.69, 9.17) is 0 Å². The molecule has 2 heterocycles. The van der Waals surface area contributed by atoms with E-state index in [1.807, 2.05) is 13.0 Å². The molecule has 3 rings (SSSR count). The molecule has 0 unspecified atom stereocenters. The van der Waals surface area contributed by atoms with Gasteiger partial charge in [-0.15, -0.1) is 5.10 Å². The van der Waals surface area contributed by atoms with Gasteiger partial charge in [-0.25, -0.2) is 13.2 Å². The van der Waals surface area contributed by atoms with Crippen LogP contribution in [-0.4, -0.2) is 46.8 Å². The van der Waals surface area contributed by atoms with Gasteiger partial charge in [0, 0.05) is 24.6 Å². The first kappa shape index (κ1) is 19.8. The number of nitrogens with zero attached hydrogens (tertiary/aromatic N) is 3. The van der Waals surface area contributed by atoms with Gasteiger partial charge in [-0.3, -0.25) is 5.32 Å². The highest BCUT2D eigenvalue weighted by Gasteiger charge is 2.44. The molecule has 1 N–H and O–H groups in total. The number of aromatic nitrogens is 2. The van der Waals surface area contributed by atoms with Crippen LogP contribution in [0.1, 0.15) is 32.3 Å². The minimum Gasteiger partial charge on any atom is -0.324 e. The molecule has 9 heteroatoms. The molecule has 146 valence electrons. The number of hydrogen-bond acceptors (Lipinski definition) is 6. The standard InChI is InChI=1S/C18H24N4O3S2/c1-13-5-4-6-15(11-13)27(24,25)18(2,3)14-7-9-22(10-8-14)17(23)20-16-12-19-21-26-16/h4-6,11-12,14H,7-10H2,1-3H3,(H,20,23). The van der Waals surface area contributed by atoms with Crippen LogP contribution in [0.5, 0.6) is 0 Å². The number of urea groups is 1. The first-order chi connectivity index (χ1) is 12.7. The molecular formula is C18H24N4O3S2. The number of hydrogen-bond donors (Lipinski definition) is 1. The van der Waals surface area contributed by atoms with Gasteiger partial charge in [-0.2, -0.15) is 0 Å². The summed E-state index contributed by atoms with van der Waals surface area (Å²) in [6.45, 7) is 6.54. The highest BCUT2D eigenvalue weighted by molar-refractivity contribution is 7.92. The summed E-state index contributed by atoms with van der Waals surface area (Å²) in [5, 5.41) is 7.07. The number of sulfone groups is 1. The predicted molar refractivity (Wildman–Crippen MR) is 106 cm³/mol. The van der Waals surface area contributed by atoms with Gasteiger partial charge in [0.25, 0.3) is 0 Å². The average Bonchev–Trinajstić information content (AvgIpc) is 3.14. The third-order valence-electron chi connectivity index (χ3n) is 5.35. The third kappa shape index (κ3) is 3.98. The van der Waals surface area contributed by atoms with Gasteiger partial charge < -0.3 is 4.90 Å². The smallest absolute Gasteiger partial charge is 0.322 e. The first-order valence-corrected chi connectivity index (χ1v) is 11.1. The van der Waals surface area contributed by atoms with Crippen LogP contribution >= 0.6 is 11.5 Å². The Morgan fingerprint density at radius 3 is 2.59 bits per heavy atom. The van der Waals surface area contributed by atoms with Crippen LogP contribution in [0.15, 0.2) is 35.4 Å². The number of anilines is 1. The Morgan fingerprint density at radius 1 is 1.30 bits per heavy atom. The molecule has 0 aliphatic carbocycles. The summed E-state index contributed by atoms with van der Waals surface area (Å²) in [7, 11) is -3.47. The predicted octanol–water partition coefficient (Wildman–Crippen LogP) is 3.34. The lowest BCUT2D eigenvalue weighted by Crippen LogP contribution is -2.48. The van der Waals surface area contributed by atoms with Crippen molar-refractivity contribution < 1.29 is 13.2 Å². The van der Waals surface area contributed by atoms with E-state index in [2.05, 4.69) is 14.9 Å². The van der Waals surface area contributed by atoms with Crippen molar-refractivity contribution in [3.05, 3.63) is 36.0 Å². The zero-order valence-electron chi connectivity index (χ0n) is 15.7. The van der Waals surface area contributed by atoms with Gasteiger partial charge in [0.2, 0.25) is 0 Å². The second-order valence-electron chi connectivity index (χ2n) is 7.40. The van der Waals surface area contributed by atoms with Crippen LogP contribution < -0.4 is 5.32 Å². The number of piperidine rings is 1. The summed E-state index contributed by atoms with van der Waals surface area (Å²) < 4.78 is 29.3. The third-order valence-corrected chi connectivity index (χ3v) is 8.52. The molecule has 1 aromatic carbocycles. The maximum atomic E-state index is 13.2. The summed E-state index contributed by atoms with van der Waals surface area (Å²) in [6.07, 6.45) is 2.80. The van der Waals surface area contributed by atoms with E-state index in [9.17, 15) is 13.2 Å². The molecule has 1 saturated heterocycles. The normalized spacial score (nSPS) is 16.3. The Balaban J connectivity index is 1.68. The Bertz CT molecular complexity index is 902. The van der Waals surface area contributed by atoms with Gasteiger partial charge in [0.05, 0.1) is 15.8 Å². The molecule has 0 radical (unpaired) electrons. The fourth-order valence-electron chi connectivity index (χ4n) is 3.49. The molecule has 0 spiro atoms. The van der Waals surface area contributed by atoms with Crippen LogP contribution in [0.25, 0.3) is 0 Å². The van der Waals surface area contributed by atoms with E-state index in [0.717, 1.165) is 17.1 Å². The van der Waals surface area contributed by atoms with Crippen molar-refractivity contribution in [1.82, 2.24) is 14.5 Å². The maximum Gasteiger partial charge on any atom is 0.322 e. The number of nitrogens with one attached hydrogen (secondary N) is 1. The van der Waals surface area contributed by atoms with Gasteiger partial charge in [-0.1, -0.05) is 16.6 Å². The summed E-state index contributed by atoms with van der Waals surface area (Å²) in [5.74, 6) is -0.0165. The van der Waals surface area contributed by atoms with Crippen molar-refractivity contribution in [2.24, 2.45) is 5.92 Å². The largest absolute Gasteiger partial charge is 0.324 e. The van der Waals surface area contributed by atoms with E-state index in [-0.39, 0.29) is 11.9 Å². The van der Waals surface area contributed by atoms with Crippen molar-refractivity contribution in [3.8, 4) is 0 Å². The van der Waals surface area contributed by atoms with E-state index >= 15 is 0 Å². The lowest BCUT2D eigenvalue weighted by atomic mass is 9.86. The average molecular weight is 409 g/mol.